The van der Waals surface area contributed by atoms with Gasteiger partial charge in [0.15, 0.2) is 11.5 Å². The molecule has 2 heterocycles. The lowest BCUT2D eigenvalue weighted by molar-refractivity contribution is -0.158. The molecule has 2 aromatic rings. The molecule has 1 saturated heterocycles. The maximum Gasteiger partial charge on any atom is 0.313 e. The fourth-order valence-electron chi connectivity index (χ4n) is 4.72. The molecule has 0 N–H and O–H groups in total. The third kappa shape index (κ3) is 2.66. The summed E-state index contributed by atoms with van der Waals surface area (Å²) in [7, 11) is 5.67. The zero-order valence-electron chi connectivity index (χ0n) is 16.9. The Kier molecular flexibility index (Phi) is 5.23. The number of hydrogen-bond donors (Lipinski definition) is 0. The van der Waals surface area contributed by atoms with Gasteiger partial charge in [0.05, 0.1) is 39.0 Å². The van der Waals surface area contributed by atoms with Gasteiger partial charge in [-0.05, 0) is 44.8 Å². The summed E-state index contributed by atoms with van der Waals surface area (Å²) in [6.45, 7) is 0. The molecule has 0 saturated carbocycles. The molecule has 2 bridgehead atoms. The van der Waals surface area contributed by atoms with Crippen molar-refractivity contribution in [2.45, 2.75) is 11.7 Å². The standard InChI is InChI=1S/C22H21BrO7/c1-26-15-10-11(9-14(23)19(15)27-2)22-13-8-6-5-7-12(13)18(30-22)16(20(24)28-3)17(22)21(25)29-4/h5-10,16-18H,1-4H3/t16?,17?,18-,22+/m1/s1. The Morgan fingerprint density at radius 3 is 2.33 bits per heavy atom. The molecule has 0 aliphatic carbocycles. The number of carbonyl (C=O) groups is 2. The first kappa shape index (κ1) is 20.7. The van der Waals surface area contributed by atoms with Crippen molar-refractivity contribution in [2.24, 2.45) is 11.8 Å². The number of rotatable bonds is 5. The zero-order valence-corrected chi connectivity index (χ0v) is 18.5. The lowest BCUT2D eigenvalue weighted by atomic mass is 9.66. The van der Waals surface area contributed by atoms with E-state index in [-0.39, 0.29) is 0 Å². The second-order valence-corrected chi connectivity index (χ2v) is 7.96. The van der Waals surface area contributed by atoms with Crippen LogP contribution in [0.2, 0.25) is 0 Å². The van der Waals surface area contributed by atoms with Crippen LogP contribution >= 0.6 is 15.9 Å². The molecule has 2 aromatic carbocycles. The summed E-state index contributed by atoms with van der Waals surface area (Å²) in [6, 6.07) is 11.1. The number of esters is 2. The Balaban J connectivity index is 2.03. The van der Waals surface area contributed by atoms with E-state index in [1.807, 2.05) is 30.3 Å². The van der Waals surface area contributed by atoms with Gasteiger partial charge in [-0.15, -0.1) is 0 Å². The summed E-state index contributed by atoms with van der Waals surface area (Å²) in [5, 5.41) is 0. The van der Waals surface area contributed by atoms with E-state index >= 15 is 0 Å². The third-order valence-corrected chi connectivity index (χ3v) is 6.48. The van der Waals surface area contributed by atoms with Crippen molar-refractivity contribution in [3.8, 4) is 11.5 Å². The van der Waals surface area contributed by atoms with Gasteiger partial charge in [0.25, 0.3) is 0 Å². The maximum atomic E-state index is 13.0. The fourth-order valence-corrected chi connectivity index (χ4v) is 5.32. The number of hydrogen-bond acceptors (Lipinski definition) is 7. The van der Waals surface area contributed by atoms with Crippen molar-refractivity contribution in [1.82, 2.24) is 0 Å². The molecule has 0 aromatic heterocycles. The predicted octanol–water partition coefficient (Wildman–Crippen LogP) is 3.37. The van der Waals surface area contributed by atoms with E-state index in [2.05, 4.69) is 15.9 Å². The number of ether oxygens (including phenoxy) is 5. The summed E-state index contributed by atoms with van der Waals surface area (Å²) in [5.41, 5.74) is 1.06. The first-order chi connectivity index (χ1) is 14.4. The zero-order chi connectivity index (χ0) is 21.6. The normalized spacial score (nSPS) is 26.1. The Hall–Kier alpha value is -2.58. The SMILES string of the molecule is COC(=O)C1C(C(=O)OC)[C@@]2(c3cc(Br)c(OC)c(OC)c3)O[C@@H]1c1ccccc12. The van der Waals surface area contributed by atoms with E-state index in [0.717, 1.165) is 11.1 Å². The minimum atomic E-state index is -1.24. The largest absolute Gasteiger partial charge is 0.493 e. The van der Waals surface area contributed by atoms with Gasteiger partial charge in [-0.25, -0.2) is 0 Å². The van der Waals surface area contributed by atoms with Crippen molar-refractivity contribution in [2.75, 3.05) is 28.4 Å². The van der Waals surface area contributed by atoms with Gasteiger partial charge in [0, 0.05) is 0 Å². The van der Waals surface area contributed by atoms with E-state index in [9.17, 15) is 9.59 Å². The van der Waals surface area contributed by atoms with Crippen LogP contribution in [0.1, 0.15) is 22.8 Å². The highest BCUT2D eigenvalue weighted by atomic mass is 79.9. The van der Waals surface area contributed by atoms with Crippen LogP contribution < -0.4 is 9.47 Å². The molecule has 2 aliphatic rings. The average Bonchev–Trinajstić information content (AvgIpc) is 3.30. The Labute approximate surface area is 182 Å². The summed E-state index contributed by atoms with van der Waals surface area (Å²) in [6.07, 6.45) is -0.635. The Bertz CT molecular complexity index is 1020. The molecule has 2 unspecified atom stereocenters. The van der Waals surface area contributed by atoms with E-state index in [4.69, 9.17) is 23.7 Å². The van der Waals surface area contributed by atoms with E-state index in [0.29, 0.717) is 21.5 Å². The van der Waals surface area contributed by atoms with E-state index in [1.165, 1.54) is 28.4 Å². The van der Waals surface area contributed by atoms with Crippen molar-refractivity contribution in [3.63, 3.8) is 0 Å². The lowest BCUT2D eigenvalue weighted by Crippen LogP contribution is -2.45. The van der Waals surface area contributed by atoms with Gasteiger partial charge >= 0.3 is 11.9 Å². The molecular weight excluding hydrogens is 456 g/mol. The number of halogens is 1. The van der Waals surface area contributed by atoms with Gasteiger partial charge in [0.1, 0.15) is 17.4 Å². The first-order valence-corrected chi connectivity index (χ1v) is 10.1. The average molecular weight is 477 g/mol. The van der Waals surface area contributed by atoms with E-state index < -0.39 is 35.5 Å². The van der Waals surface area contributed by atoms with Gasteiger partial charge in [-0.3, -0.25) is 9.59 Å². The number of carbonyl (C=O) groups excluding carboxylic acids is 2. The second-order valence-electron chi connectivity index (χ2n) is 7.10. The fraction of sp³-hybridized carbons (Fsp3) is 0.364. The van der Waals surface area contributed by atoms with Crippen LogP contribution in [0.25, 0.3) is 0 Å². The molecule has 0 amide bonds. The van der Waals surface area contributed by atoms with Gasteiger partial charge < -0.3 is 23.7 Å². The van der Waals surface area contributed by atoms with Crippen LogP contribution in [0.3, 0.4) is 0 Å². The highest BCUT2D eigenvalue weighted by molar-refractivity contribution is 9.10. The molecule has 4 rings (SSSR count). The highest BCUT2D eigenvalue weighted by Crippen LogP contribution is 2.64. The van der Waals surface area contributed by atoms with Gasteiger partial charge in [0.2, 0.25) is 0 Å². The van der Waals surface area contributed by atoms with Crippen molar-refractivity contribution < 1.29 is 33.3 Å². The van der Waals surface area contributed by atoms with E-state index in [1.54, 1.807) is 6.07 Å². The topological polar surface area (TPSA) is 80.3 Å². The number of fused-ring (bicyclic) bond motifs is 5. The highest BCUT2D eigenvalue weighted by Gasteiger charge is 2.68. The molecule has 158 valence electrons. The molecule has 8 heteroatoms. The summed E-state index contributed by atoms with van der Waals surface area (Å²) in [4.78, 5) is 25.8. The minimum absolute atomic E-state index is 0.464. The number of methoxy groups -OCH3 is 4. The van der Waals surface area contributed by atoms with Gasteiger partial charge in [-0.2, -0.15) is 0 Å². The lowest BCUT2D eigenvalue weighted by Gasteiger charge is -2.35. The Morgan fingerprint density at radius 2 is 1.70 bits per heavy atom. The minimum Gasteiger partial charge on any atom is -0.493 e. The molecular formula is C22H21BrO7. The molecule has 7 nitrogen and oxygen atoms in total. The van der Waals surface area contributed by atoms with Crippen LogP contribution in [0.4, 0.5) is 0 Å². The summed E-state index contributed by atoms with van der Waals surface area (Å²) < 4.78 is 28.2. The predicted molar refractivity (Wildman–Crippen MR) is 109 cm³/mol. The van der Waals surface area contributed by atoms with Crippen LogP contribution in [0, 0.1) is 11.8 Å². The molecule has 2 aliphatic heterocycles. The molecule has 30 heavy (non-hydrogen) atoms. The molecule has 0 spiro atoms. The molecule has 4 atom stereocenters. The summed E-state index contributed by atoms with van der Waals surface area (Å²) >= 11 is 3.52. The maximum absolute atomic E-state index is 13.0. The van der Waals surface area contributed by atoms with Crippen molar-refractivity contribution in [1.29, 1.82) is 0 Å². The van der Waals surface area contributed by atoms with Crippen LogP contribution in [0.5, 0.6) is 11.5 Å². The van der Waals surface area contributed by atoms with Crippen LogP contribution in [0.15, 0.2) is 40.9 Å². The van der Waals surface area contributed by atoms with Gasteiger partial charge in [-0.1, -0.05) is 24.3 Å². The van der Waals surface area contributed by atoms with Crippen molar-refractivity contribution in [3.05, 3.63) is 57.6 Å². The molecule has 0 radical (unpaired) electrons. The van der Waals surface area contributed by atoms with Crippen LogP contribution in [-0.2, 0) is 29.4 Å². The molecule has 1 fully saturated rings. The summed E-state index contributed by atoms with van der Waals surface area (Å²) in [5.74, 6) is -1.87. The smallest absolute Gasteiger partial charge is 0.313 e. The first-order valence-electron chi connectivity index (χ1n) is 9.29. The quantitative estimate of drug-likeness (QED) is 0.611. The Morgan fingerprint density at radius 1 is 1.00 bits per heavy atom. The monoisotopic (exact) mass is 476 g/mol. The number of benzene rings is 2. The third-order valence-electron chi connectivity index (χ3n) is 5.89. The van der Waals surface area contributed by atoms with Crippen LogP contribution in [-0.4, -0.2) is 40.4 Å². The van der Waals surface area contributed by atoms with Crippen molar-refractivity contribution >= 4 is 27.9 Å². The second kappa shape index (κ2) is 7.59.